The molecule has 0 unspecified atom stereocenters. The van der Waals surface area contributed by atoms with Crippen molar-refractivity contribution in [3.05, 3.63) is 22.7 Å². The number of rotatable bonds is 2. The van der Waals surface area contributed by atoms with Crippen LogP contribution in [-0.4, -0.2) is 22.8 Å². The molecule has 1 aliphatic rings. The van der Waals surface area contributed by atoms with Crippen molar-refractivity contribution < 1.29 is 4.74 Å². The maximum absolute atomic E-state index is 11.4. The van der Waals surface area contributed by atoms with Gasteiger partial charge < -0.3 is 10.5 Å². The Balaban J connectivity index is 2.21. The fourth-order valence-electron chi connectivity index (χ4n) is 1.52. The van der Waals surface area contributed by atoms with Gasteiger partial charge in [-0.2, -0.15) is 4.98 Å². The van der Waals surface area contributed by atoms with E-state index in [0.717, 1.165) is 0 Å². The number of ether oxygens (including phenoxy) is 1. The summed E-state index contributed by atoms with van der Waals surface area (Å²) in [5.41, 5.74) is 5.17. The summed E-state index contributed by atoms with van der Waals surface area (Å²) in [5.74, 6) is 0.265. The summed E-state index contributed by atoms with van der Waals surface area (Å²) in [6, 6.07) is 1.63. The number of nitrogen functional groups attached to an aromatic ring is 1. The van der Waals surface area contributed by atoms with Crippen molar-refractivity contribution in [2.75, 3.05) is 18.9 Å². The summed E-state index contributed by atoms with van der Waals surface area (Å²) in [7, 11) is 0. The van der Waals surface area contributed by atoms with Crippen LogP contribution in [0.1, 0.15) is 6.92 Å². The van der Waals surface area contributed by atoms with Crippen molar-refractivity contribution in [2.24, 2.45) is 5.41 Å². The predicted octanol–water partition coefficient (Wildman–Crippen LogP) is -0.138. The van der Waals surface area contributed by atoms with Crippen LogP contribution in [0.3, 0.4) is 0 Å². The van der Waals surface area contributed by atoms with E-state index in [2.05, 4.69) is 11.9 Å². The van der Waals surface area contributed by atoms with Crippen molar-refractivity contribution in [2.45, 2.75) is 13.5 Å². The van der Waals surface area contributed by atoms with Gasteiger partial charge in [0.2, 0.25) is 0 Å². The molecule has 5 nitrogen and oxygen atoms in total. The molecule has 0 saturated carbocycles. The van der Waals surface area contributed by atoms with E-state index >= 15 is 0 Å². The van der Waals surface area contributed by atoms with E-state index in [1.54, 1.807) is 16.8 Å². The van der Waals surface area contributed by atoms with Crippen molar-refractivity contribution in [3.63, 3.8) is 0 Å². The molecule has 1 aromatic rings. The zero-order valence-corrected chi connectivity index (χ0v) is 8.06. The number of nitrogens with zero attached hydrogens (tertiary/aromatic N) is 2. The van der Waals surface area contributed by atoms with Gasteiger partial charge in [0.15, 0.2) is 0 Å². The summed E-state index contributed by atoms with van der Waals surface area (Å²) in [5, 5.41) is 0. The third kappa shape index (κ3) is 1.63. The zero-order valence-electron chi connectivity index (χ0n) is 8.06. The fraction of sp³-hybridized carbons (Fsp3) is 0.556. The topological polar surface area (TPSA) is 70.1 Å². The lowest BCUT2D eigenvalue weighted by molar-refractivity contribution is -0.110. The van der Waals surface area contributed by atoms with E-state index in [9.17, 15) is 4.79 Å². The van der Waals surface area contributed by atoms with Crippen LogP contribution in [0.25, 0.3) is 0 Å². The van der Waals surface area contributed by atoms with E-state index in [-0.39, 0.29) is 16.9 Å². The van der Waals surface area contributed by atoms with Gasteiger partial charge in [0.05, 0.1) is 13.2 Å². The Morgan fingerprint density at radius 2 is 2.43 bits per heavy atom. The molecule has 5 heteroatoms. The molecule has 76 valence electrons. The molecule has 1 aliphatic heterocycles. The molecule has 0 bridgehead atoms. The van der Waals surface area contributed by atoms with Gasteiger partial charge in [-0.3, -0.25) is 4.57 Å². The van der Waals surface area contributed by atoms with Gasteiger partial charge in [-0.1, -0.05) is 6.92 Å². The molecule has 1 aromatic heterocycles. The van der Waals surface area contributed by atoms with Crippen LogP contribution in [0.2, 0.25) is 0 Å². The third-order valence-corrected chi connectivity index (χ3v) is 2.35. The predicted molar refractivity (Wildman–Crippen MR) is 51.8 cm³/mol. The fourth-order valence-corrected chi connectivity index (χ4v) is 1.52. The maximum Gasteiger partial charge on any atom is 0.349 e. The first-order valence-corrected chi connectivity index (χ1v) is 4.50. The maximum atomic E-state index is 11.4. The van der Waals surface area contributed by atoms with Crippen LogP contribution in [0.15, 0.2) is 17.1 Å². The molecule has 14 heavy (non-hydrogen) atoms. The molecule has 0 atom stereocenters. The van der Waals surface area contributed by atoms with Gasteiger partial charge in [-0.05, 0) is 6.07 Å². The van der Waals surface area contributed by atoms with Gasteiger partial charge in [0.1, 0.15) is 5.82 Å². The lowest BCUT2D eigenvalue weighted by Gasteiger charge is -2.38. The molecular formula is C9H13N3O2. The standard InChI is InChI=1S/C9H13N3O2/c1-9(5-14-6-9)4-12-3-2-7(10)11-8(12)13/h2-3H,4-6H2,1H3,(H2,10,11,13). The van der Waals surface area contributed by atoms with Crippen LogP contribution in [0.4, 0.5) is 5.82 Å². The molecule has 1 saturated heterocycles. The molecule has 0 aromatic carbocycles. The van der Waals surface area contributed by atoms with Crippen LogP contribution in [0.5, 0.6) is 0 Å². The third-order valence-electron chi connectivity index (χ3n) is 2.35. The smallest absolute Gasteiger partial charge is 0.349 e. The molecule has 0 amide bonds. The van der Waals surface area contributed by atoms with Gasteiger partial charge in [0.25, 0.3) is 0 Å². The average Bonchev–Trinajstić information content (AvgIpc) is 2.07. The Kier molecular flexibility index (Phi) is 2.03. The summed E-state index contributed by atoms with van der Waals surface area (Å²) in [6.07, 6.45) is 1.67. The Hall–Kier alpha value is -1.36. The average molecular weight is 195 g/mol. The number of anilines is 1. The quantitative estimate of drug-likeness (QED) is 0.713. The minimum Gasteiger partial charge on any atom is -0.383 e. The Morgan fingerprint density at radius 3 is 2.93 bits per heavy atom. The van der Waals surface area contributed by atoms with E-state index < -0.39 is 0 Å². The first-order chi connectivity index (χ1) is 6.59. The largest absolute Gasteiger partial charge is 0.383 e. The summed E-state index contributed by atoms with van der Waals surface area (Å²) >= 11 is 0. The first kappa shape index (κ1) is 9.21. The van der Waals surface area contributed by atoms with E-state index in [1.807, 2.05) is 0 Å². The minimum atomic E-state index is -0.293. The molecule has 0 aliphatic carbocycles. The van der Waals surface area contributed by atoms with Crippen LogP contribution >= 0.6 is 0 Å². The summed E-state index contributed by atoms with van der Waals surface area (Å²) < 4.78 is 6.68. The molecule has 0 spiro atoms. The molecule has 2 N–H and O–H groups in total. The molecule has 0 radical (unpaired) electrons. The highest BCUT2D eigenvalue weighted by Crippen LogP contribution is 2.27. The van der Waals surface area contributed by atoms with E-state index in [0.29, 0.717) is 19.8 Å². The second kappa shape index (κ2) is 3.09. The van der Waals surface area contributed by atoms with Gasteiger partial charge >= 0.3 is 5.69 Å². The van der Waals surface area contributed by atoms with Crippen LogP contribution in [0, 0.1) is 5.41 Å². The summed E-state index contributed by atoms with van der Waals surface area (Å²) in [4.78, 5) is 15.0. The van der Waals surface area contributed by atoms with Gasteiger partial charge in [-0.25, -0.2) is 4.79 Å². The van der Waals surface area contributed by atoms with Crippen molar-refractivity contribution in [1.82, 2.24) is 9.55 Å². The normalized spacial score (nSPS) is 18.9. The number of nitrogens with two attached hydrogens (primary N) is 1. The van der Waals surface area contributed by atoms with Crippen molar-refractivity contribution >= 4 is 5.82 Å². The highest BCUT2D eigenvalue weighted by atomic mass is 16.5. The Labute approximate surface area is 81.5 Å². The van der Waals surface area contributed by atoms with Crippen LogP contribution in [-0.2, 0) is 11.3 Å². The lowest BCUT2D eigenvalue weighted by atomic mass is 9.89. The summed E-state index contributed by atoms with van der Waals surface area (Å²) in [6.45, 7) is 4.12. The zero-order chi connectivity index (χ0) is 10.2. The Morgan fingerprint density at radius 1 is 1.71 bits per heavy atom. The van der Waals surface area contributed by atoms with Crippen molar-refractivity contribution in [1.29, 1.82) is 0 Å². The van der Waals surface area contributed by atoms with Gasteiger partial charge in [-0.15, -0.1) is 0 Å². The van der Waals surface area contributed by atoms with E-state index in [4.69, 9.17) is 10.5 Å². The SMILES string of the molecule is CC1(Cn2ccc(N)nc2=O)COC1. The minimum absolute atomic E-state index is 0.0711. The Bertz CT molecular complexity index is 395. The second-order valence-corrected chi connectivity index (χ2v) is 4.07. The number of hydrogen-bond acceptors (Lipinski definition) is 4. The first-order valence-electron chi connectivity index (χ1n) is 4.50. The second-order valence-electron chi connectivity index (χ2n) is 4.07. The highest BCUT2D eigenvalue weighted by Gasteiger charge is 2.33. The lowest BCUT2D eigenvalue weighted by Crippen LogP contribution is -2.45. The molecule has 2 rings (SSSR count). The number of aromatic nitrogens is 2. The number of hydrogen-bond donors (Lipinski definition) is 1. The highest BCUT2D eigenvalue weighted by molar-refractivity contribution is 5.23. The van der Waals surface area contributed by atoms with Crippen molar-refractivity contribution in [3.8, 4) is 0 Å². The molecule has 2 heterocycles. The monoisotopic (exact) mass is 195 g/mol. The van der Waals surface area contributed by atoms with Crippen LogP contribution < -0.4 is 11.4 Å². The van der Waals surface area contributed by atoms with E-state index in [1.165, 1.54) is 0 Å². The molecule has 1 fully saturated rings. The van der Waals surface area contributed by atoms with Gasteiger partial charge in [0, 0.05) is 18.2 Å². The molecular weight excluding hydrogens is 182 g/mol.